The Labute approximate surface area is 111 Å². The molecule has 106 valence electrons. The maximum absolute atomic E-state index is 11.7. The van der Waals surface area contributed by atoms with Crippen LogP contribution < -0.4 is 11.1 Å². The van der Waals surface area contributed by atoms with E-state index in [2.05, 4.69) is 5.32 Å². The van der Waals surface area contributed by atoms with Crippen LogP contribution >= 0.6 is 0 Å². The molecule has 0 aliphatic heterocycles. The molecule has 0 aromatic carbocycles. The second-order valence-corrected chi connectivity index (χ2v) is 5.25. The molecule has 1 fully saturated rings. The zero-order chi connectivity index (χ0) is 13.2. The van der Waals surface area contributed by atoms with Crippen LogP contribution in [0.4, 0.5) is 0 Å². The van der Waals surface area contributed by atoms with Crippen LogP contribution in [0.15, 0.2) is 0 Å². The van der Waals surface area contributed by atoms with Gasteiger partial charge in [-0.2, -0.15) is 0 Å². The Hall–Kier alpha value is -0.610. The van der Waals surface area contributed by atoms with Gasteiger partial charge in [-0.05, 0) is 32.2 Å². The van der Waals surface area contributed by atoms with Crippen molar-refractivity contribution in [1.82, 2.24) is 5.32 Å². The summed E-state index contributed by atoms with van der Waals surface area (Å²) >= 11 is 0. The highest BCUT2D eigenvalue weighted by Crippen LogP contribution is 2.19. The van der Waals surface area contributed by atoms with E-state index in [1.165, 1.54) is 32.1 Å². The molecular weight excluding hydrogens is 228 g/mol. The van der Waals surface area contributed by atoms with Gasteiger partial charge in [-0.3, -0.25) is 4.79 Å². The molecule has 1 unspecified atom stereocenters. The summed E-state index contributed by atoms with van der Waals surface area (Å²) in [5, 5.41) is 2.93. The van der Waals surface area contributed by atoms with E-state index in [1.54, 1.807) is 0 Å². The van der Waals surface area contributed by atoms with Gasteiger partial charge in [-0.25, -0.2) is 0 Å². The van der Waals surface area contributed by atoms with Gasteiger partial charge in [0, 0.05) is 12.5 Å². The zero-order valence-electron chi connectivity index (χ0n) is 11.6. The van der Waals surface area contributed by atoms with E-state index in [0.717, 1.165) is 12.8 Å². The third-order valence-electron chi connectivity index (χ3n) is 3.60. The van der Waals surface area contributed by atoms with Gasteiger partial charge in [-0.15, -0.1) is 0 Å². The van der Waals surface area contributed by atoms with E-state index in [-0.39, 0.29) is 11.8 Å². The van der Waals surface area contributed by atoms with Crippen molar-refractivity contribution < 1.29 is 9.53 Å². The highest BCUT2D eigenvalue weighted by atomic mass is 16.5. The maximum atomic E-state index is 11.7. The van der Waals surface area contributed by atoms with E-state index < -0.39 is 0 Å². The first-order valence-corrected chi connectivity index (χ1v) is 7.33. The molecule has 0 aromatic rings. The lowest BCUT2D eigenvalue weighted by Gasteiger charge is -2.22. The number of carbonyl (C=O) groups excluding carboxylic acids is 1. The van der Waals surface area contributed by atoms with E-state index in [4.69, 9.17) is 10.5 Å². The first kappa shape index (κ1) is 15.4. The molecule has 4 heteroatoms. The highest BCUT2D eigenvalue weighted by molar-refractivity contribution is 5.78. The first-order valence-electron chi connectivity index (χ1n) is 7.33. The third kappa shape index (κ3) is 6.36. The lowest BCUT2D eigenvalue weighted by Crippen LogP contribution is -2.33. The minimum absolute atomic E-state index is 0.0585. The van der Waals surface area contributed by atoms with Crippen molar-refractivity contribution in [3.63, 3.8) is 0 Å². The fourth-order valence-electron chi connectivity index (χ4n) is 2.36. The quantitative estimate of drug-likeness (QED) is 0.651. The van der Waals surface area contributed by atoms with Crippen LogP contribution in [0.1, 0.15) is 51.9 Å². The maximum Gasteiger partial charge on any atom is 0.222 e. The van der Waals surface area contributed by atoms with E-state index in [0.29, 0.717) is 25.8 Å². The highest BCUT2D eigenvalue weighted by Gasteiger charge is 2.14. The van der Waals surface area contributed by atoms with Gasteiger partial charge in [0.25, 0.3) is 0 Å². The minimum atomic E-state index is 0.0585. The average molecular weight is 256 g/mol. The SMILES string of the molecule is CC(CCCN)C(=O)NCCOC1CCCCC1. The second kappa shape index (κ2) is 9.34. The summed E-state index contributed by atoms with van der Waals surface area (Å²) in [4.78, 5) is 11.7. The van der Waals surface area contributed by atoms with Crippen molar-refractivity contribution >= 4 is 5.91 Å². The number of rotatable bonds is 8. The Morgan fingerprint density at radius 3 is 2.78 bits per heavy atom. The molecule has 1 aliphatic carbocycles. The van der Waals surface area contributed by atoms with Gasteiger partial charge in [0.05, 0.1) is 12.7 Å². The van der Waals surface area contributed by atoms with Crippen LogP contribution in [0.5, 0.6) is 0 Å². The van der Waals surface area contributed by atoms with Gasteiger partial charge in [0.2, 0.25) is 5.91 Å². The molecule has 3 N–H and O–H groups in total. The Morgan fingerprint density at radius 2 is 2.11 bits per heavy atom. The topological polar surface area (TPSA) is 64.4 Å². The Morgan fingerprint density at radius 1 is 1.39 bits per heavy atom. The lowest BCUT2D eigenvalue weighted by atomic mass is 9.98. The van der Waals surface area contributed by atoms with Crippen molar-refractivity contribution in [3.05, 3.63) is 0 Å². The number of amides is 1. The molecule has 4 nitrogen and oxygen atoms in total. The molecule has 1 rings (SSSR count). The van der Waals surface area contributed by atoms with Crippen LogP contribution in [-0.2, 0) is 9.53 Å². The van der Waals surface area contributed by atoms with E-state index in [1.807, 2.05) is 6.92 Å². The van der Waals surface area contributed by atoms with Crippen LogP contribution in [-0.4, -0.2) is 31.7 Å². The predicted molar refractivity (Wildman–Crippen MR) is 73.3 cm³/mol. The molecule has 1 saturated carbocycles. The molecule has 0 spiro atoms. The van der Waals surface area contributed by atoms with Gasteiger partial charge in [-0.1, -0.05) is 26.2 Å². The van der Waals surface area contributed by atoms with Crippen molar-refractivity contribution in [2.45, 2.75) is 58.0 Å². The standard InChI is InChI=1S/C14H28N2O2/c1-12(6-5-9-15)14(17)16-10-11-18-13-7-3-2-4-8-13/h12-13H,2-11,15H2,1H3,(H,16,17). The number of ether oxygens (including phenoxy) is 1. The third-order valence-corrected chi connectivity index (χ3v) is 3.60. The molecule has 1 atom stereocenters. The Kier molecular flexibility index (Phi) is 8.01. The molecule has 0 radical (unpaired) electrons. The number of hydrogen-bond donors (Lipinski definition) is 2. The summed E-state index contributed by atoms with van der Waals surface area (Å²) in [5.74, 6) is 0.180. The smallest absolute Gasteiger partial charge is 0.222 e. The van der Waals surface area contributed by atoms with E-state index in [9.17, 15) is 4.79 Å². The van der Waals surface area contributed by atoms with Crippen molar-refractivity contribution in [2.75, 3.05) is 19.7 Å². The monoisotopic (exact) mass is 256 g/mol. The summed E-state index contributed by atoms with van der Waals surface area (Å²) in [6.45, 7) is 3.87. The molecule has 1 amide bonds. The number of hydrogen-bond acceptors (Lipinski definition) is 3. The first-order chi connectivity index (χ1) is 8.74. The molecule has 1 aliphatic rings. The summed E-state index contributed by atoms with van der Waals surface area (Å²) in [6.07, 6.45) is 8.47. The normalized spacial score (nSPS) is 18.6. The van der Waals surface area contributed by atoms with Crippen molar-refractivity contribution in [3.8, 4) is 0 Å². The molecule has 0 bridgehead atoms. The van der Waals surface area contributed by atoms with Gasteiger partial charge in [0.1, 0.15) is 0 Å². The predicted octanol–water partition coefficient (Wildman–Crippen LogP) is 1.83. The summed E-state index contributed by atoms with van der Waals surface area (Å²) in [7, 11) is 0. The van der Waals surface area contributed by atoms with Gasteiger partial charge >= 0.3 is 0 Å². The number of nitrogens with two attached hydrogens (primary N) is 1. The Balaban J connectivity index is 2.00. The molecular formula is C14H28N2O2. The summed E-state index contributed by atoms with van der Waals surface area (Å²) < 4.78 is 5.76. The number of nitrogens with one attached hydrogen (secondary N) is 1. The van der Waals surface area contributed by atoms with Gasteiger partial charge in [0.15, 0.2) is 0 Å². The molecule has 0 aromatic heterocycles. The largest absolute Gasteiger partial charge is 0.376 e. The minimum Gasteiger partial charge on any atom is -0.376 e. The molecule has 18 heavy (non-hydrogen) atoms. The van der Waals surface area contributed by atoms with Crippen molar-refractivity contribution in [1.29, 1.82) is 0 Å². The van der Waals surface area contributed by atoms with Crippen molar-refractivity contribution in [2.24, 2.45) is 11.7 Å². The fraction of sp³-hybridized carbons (Fsp3) is 0.929. The lowest BCUT2D eigenvalue weighted by molar-refractivity contribution is -0.125. The van der Waals surface area contributed by atoms with Crippen LogP contribution in [0, 0.1) is 5.92 Å². The molecule has 0 saturated heterocycles. The number of carbonyl (C=O) groups is 1. The zero-order valence-corrected chi connectivity index (χ0v) is 11.6. The molecule has 0 heterocycles. The Bertz CT molecular complexity index is 228. The van der Waals surface area contributed by atoms with Gasteiger partial charge < -0.3 is 15.8 Å². The summed E-state index contributed by atoms with van der Waals surface area (Å²) in [6, 6.07) is 0. The van der Waals surface area contributed by atoms with Crippen LogP contribution in [0.25, 0.3) is 0 Å². The van der Waals surface area contributed by atoms with E-state index >= 15 is 0 Å². The van der Waals surface area contributed by atoms with Crippen LogP contribution in [0.2, 0.25) is 0 Å². The fourth-order valence-corrected chi connectivity index (χ4v) is 2.36. The average Bonchev–Trinajstić information content (AvgIpc) is 2.41. The van der Waals surface area contributed by atoms with Crippen LogP contribution in [0.3, 0.4) is 0 Å². The summed E-state index contributed by atoms with van der Waals surface area (Å²) in [5.41, 5.74) is 5.43. The second-order valence-electron chi connectivity index (χ2n) is 5.25.